The van der Waals surface area contributed by atoms with E-state index in [1.54, 1.807) is 0 Å². The summed E-state index contributed by atoms with van der Waals surface area (Å²) in [5.41, 5.74) is 2.45. The molecule has 3 rings (SSSR count). The molecule has 21 heavy (non-hydrogen) atoms. The lowest BCUT2D eigenvalue weighted by atomic mass is 10.1. The summed E-state index contributed by atoms with van der Waals surface area (Å²) in [5.74, 6) is 0.110. The van der Waals surface area contributed by atoms with Gasteiger partial charge in [-0.1, -0.05) is 18.2 Å². The molecule has 1 atom stereocenters. The monoisotopic (exact) mass is 286 g/mol. The molecule has 1 saturated heterocycles. The lowest BCUT2D eigenvalue weighted by Gasteiger charge is -2.10. The Morgan fingerprint density at radius 2 is 2.29 bits per heavy atom. The maximum absolute atomic E-state index is 11.9. The molecule has 0 aliphatic carbocycles. The molecule has 0 radical (unpaired) electrons. The summed E-state index contributed by atoms with van der Waals surface area (Å²) in [6.07, 6.45) is 5.81. The maximum atomic E-state index is 11.9. The second kappa shape index (κ2) is 6.31. The summed E-state index contributed by atoms with van der Waals surface area (Å²) in [4.78, 5) is 11.9. The molecule has 2 aromatic rings. The Hall–Kier alpha value is -1.81. The van der Waals surface area contributed by atoms with Crippen molar-refractivity contribution in [3.8, 4) is 0 Å². The molecule has 0 bridgehead atoms. The molecule has 1 unspecified atom stereocenters. The lowest BCUT2D eigenvalue weighted by Crippen LogP contribution is -2.31. The molecule has 0 spiro atoms. The van der Waals surface area contributed by atoms with Gasteiger partial charge in [-0.05, 0) is 30.9 Å². The third kappa shape index (κ3) is 3.27. The van der Waals surface area contributed by atoms with Crippen LogP contribution >= 0.6 is 0 Å². The first-order valence-corrected chi connectivity index (χ1v) is 7.65. The number of carbonyl (C=O) groups is 1. The van der Waals surface area contributed by atoms with Crippen molar-refractivity contribution < 1.29 is 9.53 Å². The van der Waals surface area contributed by atoms with E-state index in [0.717, 1.165) is 25.9 Å². The Labute approximate surface area is 125 Å². The molecule has 4 nitrogen and oxygen atoms in total. The number of aromatic nitrogens is 1. The van der Waals surface area contributed by atoms with Gasteiger partial charge in [-0.2, -0.15) is 0 Å². The van der Waals surface area contributed by atoms with Gasteiger partial charge in [-0.25, -0.2) is 0 Å². The van der Waals surface area contributed by atoms with Crippen LogP contribution in [0, 0.1) is 0 Å². The first kappa shape index (κ1) is 14.1. The molecule has 4 heteroatoms. The fourth-order valence-electron chi connectivity index (χ4n) is 2.99. The fourth-order valence-corrected chi connectivity index (χ4v) is 2.99. The highest BCUT2D eigenvalue weighted by molar-refractivity contribution is 5.84. The molecule has 1 N–H and O–H groups in total. The first-order valence-electron chi connectivity index (χ1n) is 7.65. The van der Waals surface area contributed by atoms with E-state index in [0.29, 0.717) is 13.0 Å². The molecule has 1 fully saturated rings. The summed E-state index contributed by atoms with van der Waals surface area (Å²) in [6, 6.07) is 8.31. The largest absolute Gasteiger partial charge is 0.376 e. The van der Waals surface area contributed by atoms with Gasteiger partial charge in [0.25, 0.3) is 0 Å². The van der Waals surface area contributed by atoms with Crippen molar-refractivity contribution in [1.29, 1.82) is 0 Å². The smallest absolute Gasteiger partial charge is 0.220 e. The molecule has 1 amide bonds. The third-order valence-corrected chi connectivity index (χ3v) is 4.15. The van der Waals surface area contributed by atoms with Crippen LogP contribution in [0.3, 0.4) is 0 Å². The van der Waals surface area contributed by atoms with Gasteiger partial charge in [-0.3, -0.25) is 4.79 Å². The molecule has 0 saturated carbocycles. The van der Waals surface area contributed by atoms with Crippen molar-refractivity contribution in [2.24, 2.45) is 7.05 Å². The van der Waals surface area contributed by atoms with Crippen molar-refractivity contribution in [2.75, 3.05) is 13.2 Å². The third-order valence-electron chi connectivity index (χ3n) is 4.15. The van der Waals surface area contributed by atoms with Crippen LogP contribution in [0.15, 0.2) is 30.5 Å². The molecule has 1 aromatic carbocycles. The van der Waals surface area contributed by atoms with E-state index in [1.165, 1.54) is 16.5 Å². The summed E-state index contributed by atoms with van der Waals surface area (Å²) in [7, 11) is 2.04. The normalized spacial score (nSPS) is 18.2. The highest BCUT2D eigenvalue weighted by Gasteiger charge is 2.16. The lowest BCUT2D eigenvalue weighted by molar-refractivity contribution is -0.121. The number of amides is 1. The summed E-state index contributed by atoms with van der Waals surface area (Å²) >= 11 is 0. The van der Waals surface area contributed by atoms with Gasteiger partial charge in [0.15, 0.2) is 0 Å². The molecule has 112 valence electrons. The Bertz CT molecular complexity index is 627. The SMILES string of the molecule is Cn1cc(CCC(=O)NCC2CCCO2)c2ccccc21. The highest BCUT2D eigenvalue weighted by atomic mass is 16.5. The molecular weight excluding hydrogens is 264 g/mol. The summed E-state index contributed by atoms with van der Waals surface area (Å²) in [5, 5.41) is 4.22. The van der Waals surface area contributed by atoms with Crippen LogP contribution in [0.4, 0.5) is 0 Å². The molecule has 2 heterocycles. The number of para-hydroxylation sites is 1. The first-order chi connectivity index (χ1) is 10.2. The van der Waals surface area contributed by atoms with E-state index in [2.05, 4.69) is 28.2 Å². The highest BCUT2D eigenvalue weighted by Crippen LogP contribution is 2.21. The number of hydrogen-bond donors (Lipinski definition) is 1. The number of ether oxygens (including phenoxy) is 1. The van der Waals surface area contributed by atoms with E-state index >= 15 is 0 Å². The maximum Gasteiger partial charge on any atom is 0.220 e. The Balaban J connectivity index is 1.55. The van der Waals surface area contributed by atoms with Crippen molar-refractivity contribution in [3.05, 3.63) is 36.0 Å². The number of aryl methyl sites for hydroxylation is 2. The van der Waals surface area contributed by atoms with Gasteiger partial charge >= 0.3 is 0 Å². The molecule has 1 aromatic heterocycles. The number of fused-ring (bicyclic) bond motifs is 1. The van der Waals surface area contributed by atoms with Gasteiger partial charge in [0.1, 0.15) is 0 Å². The van der Waals surface area contributed by atoms with Gasteiger partial charge < -0.3 is 14.6 Å². The van der Waals surface area contributed by atoms with Crippen LogP contribution in [0.5, 0.6) is 0 Å². The Morgan fingerprint density at radius 1 is 1.43 bits per heavy atom. The van der Waals surface area contributed by atoms with Crippen LogP contribution < -0.4 is 5.32 Å². The van der Waals surface area contributed by atoms with Crippen LogP contribution in [0.1, 0.15) is 24.8 Å². The molecule has 1 aliphatic rings. The van der Waals surface area contributed by atoms with E-state index in [9.17, 15) is 4.79 Å². The zero-order valence-electron chi connectivity index (χ0n) is 12.5. The molecular formula is C17H22N2O2. The van der Waals surface area contributed by atoms with Gasteiger partial charge in [-0.15, -0.1) is 0 Å². The summed E-state index contributed by atoms with van der Waals surface area (Å²) < 4.78 is 7.63. The van der Waals surface area contributed by atoms with Crippen molar-refractivity contribution >= 4 is 16.8 Å². The number of rotatable bonds is 5. The minimum atomic E-state index is 0.110. The number of nitrogens with one attached hydrogen (secondary N) is 1. The van der Waals surface area contributed by atoms with Crippen LogP contribution in [-0.2, 0) is 23.0 Å². The van der Waals surface area contributed by atoms with E-state index in [1.807, 2.05) is 19.2 Å². The van der Waals surface area contributed by atoms with E-state index in [-0.39, 0.29) is 12.0 Å². The average molecular weight is 286 g/mol. The van der Waals surface area contributed by atoms with Crippen molar-refractivity contribution in [3.63, 3.8) is 0 Å². The van der Waals surface area contributed by atoms with Gasteiger partial charge in [0.05, 0.1) is 6.10 Å². The zero-order valence-corrected chi connectivity index (χ0v) is 12.5. The topological polar surface area (TPSA) is 43.3 Å². The van der Waals surface area contributed by atoms with Crippen LogP contribution in [-0.4, -0.2) is 29.7 Å². The number of nitrogens with zero attached hydrogens (tertiary/aromatic N) is 1. The zero-order chi connectivity index (χ0) is 14.7. The van der Waals surface area contributed by atoms with Gasteiger partial charge in [0, 0.05) is 43.7 Å². The Kier molecular flexibility index (Phi) is 4.25. The second-order valence-corrected chi connectivity index (χ2v) is 5.72. The predicted octanol–water partition coefficient (Wildman–Crippen LogP) is 2.41. The Morgan fingerprint density at radius 3 is 3.10 bits per heavy atom. The standard InChI is InChI=1S/C17H22N2O2/c1-19-12-13(15-6-2-3-7-16(15)19)8-9-17(20)18-11-14-5-4-10-21-14/h2-3,6-7,12,14H,4-5,8-11H2,1H3,(H,18,20). The van der Waals surface area contributed by atoms with Crippen LogP contribution in [0.2, 0.25) is 0 Å². The number of benzene rings is 1. The van der Waals surface area contributed by atoms with Crippen molar-refractivity contribution in [2.45, 2.75) is 31.8 Å². The number of hydrogen-bond acceptors (Lipinski definition) is 2. The van der Waals surface area contributed by atoms with Crippen molar-refractivity contribution in [1.82, 2.24) is 9.88 Å². The van der Waals surface area contributed by atoms with E-state index in [4.69, 9.17) is 4.74 Å². The minimum absolute atomic E-state index is 0.110. The van der Waals surface area contributed by atoms with Crippen LogP contribution in [0.25, 0.3) is 10.9 Å². The van der Waals surface area contributed by atoms with Gasteiger partial charge in [0.2, 0.25) is 5.91 Å². The fraction of sp³-hybridized carbons (Fsp3) is 0.471. The molecule has 1 aliphatic heterocycles. The van der Waals surface area contributed by atoms with E-state index < -0.39 is 0 Å². The predicted molar refractivity (Wildman–Crippen MR) is 83.2 cm³/mol. The number of carbonyl (C=O) groups excluding carboxylic acids is 1. The quantitative estimate of drug-likeness (QED) is 0.917. The minimum Gasteiger partial charge on any atom is -0.376 e. The summed E-state index contributed by atoms with van der Waals surface area (Å²) in [6.45, 7) is 1.48. The average Bonchev–Trinajstić information content (AvgIpc) is 3.12. The second-order valence-electron chi connectivity index (χ2n) is 5.72.